The summed E-state index contributed by atoms with van der Waals surface area (Å²) in [7, 11) is 0. The van der Waals surface area contributed by atoms with Crippen molar-refractivity contribution in [1.82, 2.24) is 0 Å². The average Bonchev–Trinajstić information content (AvgIpc) is 2.52. The van der Waals surface area contributed by atoms with E-state index in [0.717, 1.165) is 5.92 Å². The molecule has 0 spiro atoms. The van der Waals surface area contributed by atoms with Crippen molar-refractivity contribution in [3.8, 4) is 0 Å². The first-order valence-electron chi connectivity index (χ1n) is 10.8. The molecular weight excluding hydrogens is 264 g/mol. The minimum atomic E-state index is 0.972. The van der Waals surface area contributed by atoms with E-state index < -0.39 is 0 Å². The second-order valence-corrected chi connectivity index (χ2v) is 7.63. The van der Waals surface area contributed by atoms with E-state index in [1.54, 1.807) is 0 Å². The molecule has 0 N–H and O–H groups in total. The van der Waals surface area contributed by atoms with Crippen LogP contribution < -0.4 is 0 Å². The normalized spacial score (nSPS) is 12.7. The molecule has 0 saturated heterocycles. The summed E-state index contributed by atoms with van der Waals surface area (Å²) in [5, 5.41) is 0. The molecule has 0 amide bonds. The van der Waals surface area contributed by atoms with Gasteiger partial charge >= 0.3 is 0 Å². The maximum atomic E-state index is 2.46. The van der Waals surface area contributed by atoms with Crippen LogP contribution in [0.2, 0.25) is 0 Å². The number of hydrogen-bond donors (Lipinski definition) is 0. The third-order valence-electron chi connectivity index (χ3n) is 5.10. The lowest BCUT2D eigenvalue weighted by molar-refractivity contribution is 0.433. The molecule has 0 radical (unpaired) electrons. The van der Waals surface area contributed by atoms with Crippen LogP contribution in [0.5, 0.6) is 0 Å². The second-order valence-electron chi connectivity index (χ2n) is 7.63. The Morgan fingerprint density at radius 3 is 1.05 bits per heavy atom. The highest BCUT2D eigenvalue weighted by molar-refractivity contribution is 4.55. The van der Waals surface area contributed by atoms with Gasteiger partial charge in [0, 0.05) is 0 Å². The van der Waals surface area contributed by atoms with E-state index in [4.69, 9.17) is 0 Å². The van der Waals surface area contributed by atoms with Crippen LogP contribution >= 0.6 is 0 Å². The van der Waals surface area contributed by atoms with Gasteiger partial charge in [-0.3, -0.25) is 0 Å². The largest absolute Gasteiger partial charge is 0.0654 e. The van der Waals surface area contributed by atoms with E-state index >= 15 is 0 Å². The van der Waals surface area contributed by atoms with Gasteiger partial charge in [-0.15, -0.1) is 0 Å². The van der Waals surface area contributed by atoms with Crippen LogP contribution in [0, 0.1) is 5.92 Å². The SMILES string of the molecule is CCCCCCCCCCCCCC[C@H](C)CCCCCC. The van der Waals surface area contributed by atoms with Crippen molar-refractivity contribution in [3.05, 3.63) is 0 Å². The van der Waals surface area contributed by atoms with Crippen LogP contribution in [0.1, 0.15) is 136 Å². The molecule has 0 aliphatic rings. The molecule has 134 valence electrons. The zero-order valence-corrected chi connectivity index (χ0v) is 16.3. The van der Waals surface area contributed by atoms with Crippen molar-refractivity contribution in [2.75, 3.05) is 0 Å². The molecule has 22 heavy (non-hydrogen) atoms. The lowest BCUT2D eigenvalue weighted by Gasteiger charge is -2.10. The molecule has 0 aliphatic heterocycles. The maximum absolute atomic E-state index is 2.46. The topological polar surface area (TPSA) is 0 Å². The number of hydrogen-bond acceptors (Lipinski definition) is 0. The van der Waals surface area contributed by atoms with E-state index in [0.29, 0.717) is 0 Å². The van der Waals surface area contributed by atoms with E-state index in [1.165, 1.54) is 116 Å². The molecule has 0 heteroatoms. The Balaban J connectivity index is 3.07. The van der Waals surface area contributed by atoms with Crippen LogP contribution in [0.4, 0.5) is 0 Å². The Morgan fingerprint density at radius 2 is 0.682 bits per heavy atom. The Bertz CT molecular complexity index is 184. The van der Waals surface area contributed by atoms with E-state index in [-0.39, 0.29) is 0 Å². The average molecular weight is 311 g/mol. The molecular formula is C22H46. The fourth-order valence-corrected chi connectivity index (χ4v) is 3.40. The van der Waals surface area contributed by atoms with Crippen molar-refractivity contribution in [3.63, 3.8) is 0 Å². The molecule has 0 heterocycles. The van der Waals surface area contributed by atoms with Gasteiger partial charge in [-0.05, 0) is 5.92 Å². The van der Waals surface area contributed by atoms with Crippen molar-refractivity contribution in [2.45, 2.75) is 136 Å². The molecule has 0 unspecified atom stereocenters. The number of unbranched alkanes of at least 4 members (excludes halogenated alkanes) is 14. The Kier molecular flexibility index (Phi) is 19.0. The van der Waals surface area contributed by atoms with Gasteiger partial charge < -0.3 is 0 Å². The Hall–Kier alpha value is 0. The van der Waals surface area contributed by atoms with Crippen molar-refractivity contribution >= 4 is 0 Å². The van der Waals surface area contributed by atoms with Crippen molar-refractivity contribution < 1.29 is 0 Å². The molecule has 0 aromatic carbocycles. The van der Waals surface area contributed by atoms with Crippen LogP contribution in [0.15, 0.2) is 0 Å². The van der Waals surface area contributed by atoms with E-state index in [2.05, 4.69) is 20.8 Å². The summed E-state index contributed by atoms with van der Waals surface area (Å²) in [5.74, 6) is 0.972. The highest BCUT2D eigenvalue weighted by Gasteiger charge is 2.01. The Morgan fingerprint density at radius 1 is 0.409 bits per heavy atom. The monoisotopic (exact) mass is 310 g/mol. The van der Waals surface area contributed by atoms with Crippen LogP contribution in [0.3, 0.4) is 0 Å². The molecule has 0 aromatic rings. The predicted octanol–water partition coefficient (Wildman–Crippen LogP) is 8.68. The van der Waals surface area contributed by atoms with Gasteiger partial charge in [-0.25, -0.2) is 0 Å². The van der Waals surface area contributed by atoms with Gasteiger partial charge in [0.05, 0.1) is 0 Å². The number of rotatable bonds is 18. The van der Waals surface area contributed by atoms with Crippen molar-refractivity contribution in [2.24, 2.45) is 5.92 Å². The standard InChI is InChI=1S/C22H46/c1-4-6-8-10-11-12-13-14-15-16-17-19-21-22(3)20-18-9-7-5-2/h22H,4-21H2,1-3H3/t22-/m1/s1. The third kappa shape index (κ3) is 18.1. The van der Waals surface area contributed by atoms with Crippen LogP contribution in [0.25, 0.3) is 0 Å². The first kappa shape index (κ1) is 22.0. The summed E-state index contributed by atoms with van der Waals surface area (Å²) < 4.78 is 0. The van der Waals surface area contributed by atoms with E-state index in [1.807, 2.05) is 0 Å². The van der Waals surface area contributed by atoms with Crippen LogP contribution in [-0.4, -0.2) is 0 Å². The first-order chi connectivity index (χ1) is 10.8. The van der Waals surface area contributed by atoms with Gasteiger partial charge in [0.2, 0.25) is 0 Å². The van der Waals surface area contributed by atoms with Gasteiger partial charge in [-0.1, -0.05) is 136 Å². The summed E-state index contributed by atoms with van der Waals surface area (Å²) in [6.07, 6.45) is 26.3. The molecule has 0 fully saturated rings. The summed E-state index contributed by atoms with van der Waals surface area (Å²) in [6, 6.07) is 0. The zero-order chi connectivity index (χ0) is 16.3. The summed E-state index contributed by atoms with van der Waals surface area (Å²) in [5.41, 5.74) is 0. The minimum absolute atomic E-state index is 0.972. The predicted molar refractivity (Wildman–Crippen MR) is 104 cm³/mol. The van der Waals surface area contributed by atoms with E-state index in [9.17, 15) is 0 Å². The van der Waals surface area contributed by atoms with Gasteiger partial charge in [0.15, 0.2) is 0 Å². The lowest BCUT2D eigenvalue weighted by atomic mass is 9.96. The molecule has 0 aliphatic carbocycles. The fraction of sp³-hybridized carbons (Fsp3) is 1.00. The molecule has 0 nitrogen and oxygen atoms in total. The summed E-state index contributed by atoms with van der Waals surface area (Å²) in [6.45, 7) is 7.06. The second kappa shape index (κ2) is 19.0. The highest BCUT2D eigenvalue weighted by Crippen LogP contribution is 2.18. The minimum Gasteiger partial charge on any atom is -0.0654 e. The van der Waals surface area contributed by atoms with Gasteiger partial charge in [0.1, 0.15) is 0 Å². The first-order valence-corrected chi connectivity index (χ1v) is 10.8. The quantitative estimate of drug-likeness (QED) is 0.222. The summed E-state index contributed by atoms with van der Waals surface area (Å²) in [4.78, 5) is 0. The van der Waals surface area contributed by atoms with Crippen LogP contribution in [-0.2, 0) is 0 Å². The molecule has 0 rings (SSSR count). The van der Waals surface area contributed by atoms with Gasteiger partial charge in [-0.2, -0.15) is 0 Å². The molecule has 1 atom stereocenters. The molecule has 0 aromatic heterocycles. The highest BCUT2D eigenvalue weighted by atomic mass is 14.1. The maximum Gasteiger partial charge on any atom is -0.0443 e. The smallest absolute Gasteiger partial charge is 0.0443 e. The zero-order valence-electron chi connectivity index (χ0n) is 16.3. The molecule has 0 bridgehead atoms. The summed E-state index contributed by atoms with van der Waals surface area (Å²) >= 11 is 0. The van der Waals surface area contributed by atoms with Crippen molar-refractivity contribution in [1.29, 1.82) is 0 Å². The lowest BCUT2D eigenvalue weighted by Crippen LogP contribution is -1.95. The fourth-order valence-electron chi connectivity index (χ4n) is 3.40. The Labute approximate surface area is 142 Å². The third-order valence-corrected chi connectivity index (χ3v) is 5.10. The molecule has 0 saturated carbocycles. The van der Waals surface area contributed by atoms with Gasteiger partial charge in [0.25, 0.3) is 0 Å².